The number of ether oxygens (including phenoxy) is 1. The summed E-state index contributed by atoms with van der Waals surface area (Å²) in [5.41, 5.74) is 1.10. The van der Waals surface area contributed by atoms with Crippen molar-refractivity contribution < 1.29 is 17.9 Å². The zero-order valence-electron chi connectivity index (χ0n) is 13.4. The number of amides is 1. The van der Waals surface area contributed by atoms with E-state index in [1.54, 1.807) is 0 Å². The molecular weight excluding hydrogens is 316 g/mol. The van der Waals surface area contributed by atoms with Crippen molar-refractivity contribution in [3.63, 3.8) is 0 Å². The van der Waals surface area contributed by atoms with E-state index in [1.165, 1.54) is 4.31 Å². The molecule has 0 saturated carbocycles. The number of nitrogens with zero attached hydrogens (tertiary/aromatic N) is 1. The van der Waals surface area contributed by atoms with Crippen molar-refractivity contribution in [2.75, 3.05) is 38.6 Å². The van der Waals surface area contributed by atoms with Gasteiger partial charge >= 0.3 is 0 Å². The summed E-state index contributed by atoms with van der Waals surface area (Å²) in [4.78, 5) is 11.9. The van der Waals surface area contributed by atoms with Gasteiger partial charge in [-0.25, -0.2) is 8.42 Å². The molecule has 0 aliphatic carbocycles. The second kappa shape index (κ2) is 8.42. The molecule has 23 heavy (non-hydrogen) atoms. The molecule has 6 nitrogen and oxygen atoms in total. The minimum absolute atomic E-state index is 0.0710. The summed E-state index contributed by atoms with van der Waals surface area (Å²) in [7, 11) is -3.32. The van der Waals surface area contributed by atoms with Gasteiger partial charge in [0.1, 0.15) is 0 Å². The highest BCUT2D eigenvalue weighted by Crippen LogP contribution is 2.17. The van der Waals surface area contributed by atoms with Crippen molar-refractivity contribution in [2.45, 2.75) is 19.3 Å². The van der Waals surface area contributed by atoms with E-state index in [-0.39, 0.29) is 24.1 Å². The highest BCUT2D eigenvalue weighted by atomic mass is 32.2. The van der Waals surface area contributed by atoms with Gasteiger partial charge in [0.25, 0.3) is 0 Å². The molecule has 1 aliphatic heterocycles. The lowest BCUT2D eigenvalue weighted by molar-refractivity contribution is -0.121. The number of hydrogen-bond acceptors (Lipinski definition) is 4. The van der Waals surface area contributed by atoms with Crippen molar-refractivity contribution in [2.24, 2.45) is 0 Å². The molecule has 1 saturated heterocycles. The fraction of sp³-hybridized carbons (Fsp3) is 0.562. The second-order valence-corrected chi connectivity index (χ2v) is 7.78. The van der Waals surface area contributed by atoms with Crippen LogP contribution in [0.3, 0.4) is 0 Å². The number of sulfonamides is 1. The fourth-order valence-electron chi connectivity index (χ4n) is 2.52. The molecule has 1 N–H and O–H groups in total. The van der Waals surface area contributed by atoms with Crippen LogP contribution < -0.4 is 5.32 Å². The third kappa shape index (κ3) is 5.60. The van der Waals surface area contributed by atoms with Crippen LogP contribution in [0.1, 0.15) is 24.8 Å². The average molecular weight is 340 g/mol. The van der Waals surface area contributed by atoms with E-state index < -0.39 is 10.0 Å². The lowest BCUT2D eigenvalue weighted by Crippen LogP contribution is -2.43. The maximum atomic E-state index is 12.1. The molecule has 128 valence electrons. The topological polar surface area (TPSA) is 75.7 Å². The normalized spacial score (nSPS) is 17.6. The lowest BCUT2D eigenvalue weighted by Gasteiger charge is -2.26. The first-order valence-corrected chi connectivity index (χ1v) is 9.47. The Morgan fingerprint density at radius 2 is 1.91 bits per heavy atom. The fourth-order valence-corrected chi connectivity index (χ4v) is 3.85. The maximum Gasteiger partial charge on any atom is 0.220 e. The van der Waals surface area contributed by atoms with E-state index >= 15 is 0 Å². The average Bonchev–Trinajstić information content (AvgIpc) is 2.56. The summed E-state index contributed by atoms with van der Waals surface area (Å²) in [6, 6.07) is 9.80. The number of rotatable bonds is 7. The summed E-state index contributed by atoms with van der Waals surface area (Å²) < 4.78 is 30.8. The number of hydrogen-bond donors (Lipinski definition) is 1. The summed E-state index contributed by atoms with van der Waals surface area (Å²) >= 11 is 0. The molecule has 1 unspecified atom stereocenters. The molecule has 2 rings (SSSR count). The van der Waals surface area contributed by atoms with Crippen molar-refractivity contribution in [1.82, 2.24) is 9.62 Å². The molecule has 1 aromatic rings. The quantitative estimate of drug-likeness (QED) is 0.802. The van der Waals surface area contributed by atoms with Crippen LogP contribution >= 0.6 is 0 Å². The molecule has 1 aliphatic rings. The van der Waals surface area contributed by atoms with Gasteiger partial charge in [-0.3, -0.25) is 4.79 Å². The third-order valence-electron chi connectivity index (χ3n) is 3.91. The van der Waals surface area contributed by atoms with E-state index in [2.05, 4.69) is 5.32 Å². The van der Waals surface area contributed by atoms with E-state index in [4.69, 9.17) is 4.74 Å². The minimum Gasteiger partial charge on any atom is -0.379 e. The molecule has 0 spiro atoms. The molecular formula is C16H24N2O4S. The Balaban J connectivity index is 1.74. The zero-order valence-corrected chi connectivity index (χ0v) is 14.2. The van der Waals surface area contributed by atoms with Crippen LogP contribution in [0.4, 0.5) is 0 Å². The molecule has 1 atom stereocenters. The zero-order chi connectivity index (χ0) is 16.7. The number of carbonyl (C=O) groups excluding carboxylic acids is 1. The van der Waals surface area contributed by atoms with Crippen molar-refractivity contribution in [3.05, 3.63) is 35.9 Å². The predicted octanol–water partition coefficient (Wildman–Crippen LogP) is 0.958. The molecule has 1 aromatic carbocycles. The van der Waals surface area contributed by atoms with Crippen LogP contribution in [-0.4, -0.2) is 57.2 Å². The van der Waals surface area contributed by atoms with Gasteiger partial charge in [0.2, 0.25) is 15.9 Å². The van der Waals surface area contributed by atoms with Crippen LogP contribution in [0.5, 0.6) is 0 Å². The van der Waals surface area contributed by atoms with Gasteiger partial charge in [0.15, 0.2) is 0 Å². The van der Waals surface area contributed by atoms with E-state index in [0.29, 0.717) is 32.7 Å². The Bertz CT molecular complexity index is 598. The highest BCUT2D eigenvalue weighted by molar-refractivity contribution is 7.89. The number of nitrogens with one attached hydrogen (secondary N) is 1. The molecule has 1 amide bonds. The van der Waals surface area contributed by atoms with Gasteiger partial charge in [0.05, 0.1) is 19.0 Å². The first-order valence-electron chi connectivity index (χ1n) is 7.86. The molecule has 0 radical (unpaired) electrons. The van der Waals surface area contributed by atoms with Gasteiger partial charge in [-0.1, -0.05) is 37.3 Å². The van der Waals surface area contributed by atoms with Gasteiger partial charge in [-0.15, -0.1) is 0 Å². The van der Waals surface area contributed by atoms with E-state index in [1.807, 2.05) is 37.3 Å². The van der Waals surface area contributed by atoms with Crippen LogP contribution in [0.25, 0.3) is 0 Å². The first kappa shape index (κ1) is 17.9. The van der Waals surface area contributed by atoms with Gasteiger partial charge in [-0.2, -0.15) is 4.31 Å². The Hall–Kier alpha value is -1.44. The first-order chi connectivity index (χ1) is 11.0. The Morgan fingerprint density at radius 3 is 2.57 bits per heavy atom. The SMILES string of the molecule is CC(CC(=O)NCCS(=O)(=O)N1CCOCC1)c1ccccc1. The van der Waals surface area contributed by atoms with Gasteiger partial charge in [0, 0.05) is 26.1 Å². The lowest BCUT2D eigenvalue weighted by atomic mass is 9.98. The van der Waals surface area contributed by atoms with Crippen molar-refractivity contribution in [1.29, 1.82) is 0 Å². The Kier molecular flexibility index (Phi) is 6.56. The van der Waals surface area contributed by atoms with Crippen molar-refractivity contribution in [3.8, 4) is 0 Å². The molecule has 1 heterocycles. The number of carbonyl (C=O) groups is 1. The second-order valence-electron chi connectivity index (χ2n) is 5.69. The Labute approximate surface area is 137 Å². The predicted molar refractivity (Wildman–Crippen MR) is 88.7 cm³/mol. The van der Waals surface area contributed by atoms with Gasteiger partial charge < -0.3 is 10.1 Å². The summed E-state index contributed by atoms with van der Waals surface area (Å²) in [5, 5.41) is 2.70. The smallest absolute Gasteiger partial charge is 0.220 e. The van der Waals surface area contributed by atoms with Crippen LogP contribution in [0.15, 0.2) is 30.3 Å². The van der Waals surface area contributed by atoms with E-state index in [9.17, 15) is 13.2 Å². The number of benzene rings is 1. The molecule has 1 fully saturated rings. The monoisotopic (exact) mass is 340 g/mol. The summed E-state index contributed by atoms with van der Waals surface area (Å²) in [5.74, 6) is -0.0936. The molecule has 0 bridgehead atoms. The summed E-state index contributed by atoms with van der Waals surface area (Å²) in [6.45, 7) is 3.77. The van der Waals surface area contributed by atoms with Crippen LogP contribution in [0.2, 0.25) is 0 Å². The van der Waals surface area contributed by atoms with Crippen LogP contribution in [0, 0.1) is 0 Å². The van der Waals surface area contributed by atoms with E-state index in [0.717, 1.165) is 5.56 Å². The van der Waals surface area contributed by atoms with Gasteiger partial charge in [-0.05, 0) is 11.5 Å². The largest absolute Gasteiger partial charge is 0.379 e. The van der Waals surface area contributed by atoms with Crippen LogP contribution in [-0.2, 0) is 19.6 Å². The Morgan fingerprint density at radius 1 is 1.26 bits per heavy atom. The summed E-state index contributed by atoms with van der Waals surface area (Å²) in [6.07, 6.45) is 0.349. The standard InChI is InChI=1S/C16H24N2O4S/c1-14(15-5-3-2-4-6-15)13-16(19)17-7-12-23(20,21)18-8-10-22-11-9-18/h2-6,14H,7-13H2,1H3,(H,17,19). The molecule has 0 aromatic heterocycles. The minimum atomic E-state index is -3.32. The highest BCUT2D eigenvalue weighted by Gasteiger charge is 2.24. The molecule has 7 heteroatoms. The van der Waals surface area contributed by atoms with Crippen molar-refractivity contribution >= 4 is 15.9 Å². The maximum absolute atomic E-state index is 12.1. The number of morpholine rings is 1. The third-order valence-corrected chi connectivity index (χ3v) is 5.78.